The first kappa shape index (κ1) is 21.4. The van der Waals surface area contributed by atoms with Crippen LogP contribution in [0.1, 0.15) is 26.2 Å². The number of benzene rings is 1. The van der Waals surface area contributed by atoms with Crippen molar-refractivity contribution in [2.75, 3.05) is 18.0 Å². The molecule has 0 aliphatic carbocycles. The number of pyridine rings is 1. The van der Waals surface area contributed by atoms with Crippen molar-refractivity contribution in [3.63, 3.8) is 0 Å². The number of aliphatic carboxylic acids is 1. The van der Waals surface area contributed by atoms with Gasteiger partial charge in [0, 0.05) is 42.4 Å². The smallest absolute Gasteiger partial charge is 0.304 e. The first-order valence-electron chi connectivity index (χ1n) is 9.51. The van der Waals surface area contributed by atoms with E-state index in [1.165, 1.54) is 0 Å². The molecule has 1 aliphatic heterocycles. The van der Waals surface area contributed by atoms with Crippen molar-refractivity contribution in [1.29, 1.82) is 0 Å². The molecule has 8 heteroatoms. The molecule has 2 heterocycles. The normalized spacial score (nSPS) is 15.8. The highest BCUT2D eigenvalue weighted by atomic mass is 35.5. The third kappa shape index (κ3) is 5.40. The summed E-state index contributed by atoms with van der Waals surface area (Å²) in [6.45, 7) is 3.18. The van der Waals surface area contributed by atoms with Crippen molar-refractivity contribution in [2.45, 2.75) is 32.2 Å². The lowest BCUT2D eigenvalue weighted by Crippen LogP contribution is -2.46. The van der Waals surface area contributed by atoms with Crippen LogP contribution in [0, 0.1) is 5.92 Å². The Morgan fingerprint density at radius 2 is 2.00 bits per heavy atom. The zero-order valence-electron chi connectivity index (χ0n) is 16.1. The van der Waals surface area contributed by atoms with Gasteiger partial charge in [-0.25, -0.2) is 0 Å². The second-order valence-electron chi connectivity index (χ2n) is 7.30. The van der Waals surface area contributed by atoms with Gasteiger partial charge in [-0.05, 0) is 25.0 Å². The van der Waals surface area contributed by atoms with Crippen molar-refractivity contribution in [2.24, 2.45) is 5.92 Å². The molecule has 2 aromatic rings. The van der Waals surface area contributed by atoms with Gasteiger partial charge < -0.3 is 15.3 Å². The number of carbonyl (C=O) groups is 2. The Balaban J connectivity index is 1.62. The standard InChI is InChI=1S/C21H23Cl2N3O3/c1-13(9-19(27)28)21(29)25-15-5-7-26(8-6-15)16-10-14(11-24-12-16)17-3-2-4-18(22)20(17)23/h2-4,10-13,15H,5-9H2,1H3,(H,25,29)(H,27,28)/t13-/m0/s1. The molecule has 1 fully saturated rings. The van der Waals surface area contributed by atoms with Gasteiger partial charge in [0.15, 0.2) is 0 Å². The zero-order valence-corrected chi connectivity index (χ0v) is 17.6. The minimum absolute atomic E-state index is 0.0495. The number of nitrogens with zero attached hydrogens (tertiary/aromatic N) is 2. The molecule has 0 radical (unpaired) electrons. The topological polar surface area (TPSA) is 82.5 Å². The van der Waals surface area contributed by atoms with Crippen LogP contribution in [0.15, 0.2) is 36.7 Å². The highest BCUT2D eigenvalue weighted by Gasteiger charge is 2.24. The van der Waals surface area contributed by atoms with Crippen molar-refractivity contribution in [3.8, 4) is 11.1 Å². The number of anilines is 1. The fourth-order valence-electron chi connectivity index (χ4n) is 3.45. The fraction of sp³-hybridized carbons (Fsp3) is 0.381. The van der Waals surface area contributed by atoms with Crippen LogP contribution < -0.4 is 10.2 Å². The van der Waals surface area contributed by atoms with Gasteiger partial charge in [-0.1, -0.05) is 42.3 Å². The predicted molar refractivity (Wildman–Crippen MR) is 114 cm³/mol. The summed E-state index contributed by atoms with van der Waals surface area (Å²) in [4.78, 5) is 29.5. The number of carboxylic acid groups (broad SMARTS) is 1. The number of aromatic nitrogens is 1. The second-order valence-corrected chi connectivity index (χ2v) is 8.09. The Morgan fingerprint density at radius 1 is 1.28 bits per heavy atom. The van der Waals surface area contributed by atoms with Gasteiger partial charge in [0.25, 0.3) is 0 Å². The molecule has 0 unspecified atom stereocenters. The molecule has 6 nitrogen and oxygen atoms in total. The van der Waals surface area contributed by atoms with Crippen molar-refractivity contribution >= 4 is 40.8 Å². The predicted octanol–water partition coefficient (Wildman–Crippen LogP) is 4.25. The summed E-state index contributed by atoms with van der Waals surface area (Å²) in [5, 5.41) is 12.8. The number of piperidine rings is 1. The van der Waals surface area contributed by atoms with Crippen LogP contribution in [0.4, 0.5) is 5.69 Å². The SMILES string of the molecule is C[C@@H](CC(=O)O)C(=O)NC1CCN(c2cncc(-c3cccc(Cl)c3Cl)c2)CC1. The van der Waals surface area contributed by atoms with Crippen LogP contribution in [0.25, 0.3) is 11.1 Å². The molecule has 0 spiro atoms. The maximum absolute atomic E-state index is 12.1. The van der Waals surface area contributed by atoms with Crippen LogP contribution >= 0.6 is 23.2 Å². The largest absolute Gasteiger partial charge is 0.481 e. The number of hydrogen-bond acceptors (Lipinski definition) is 4. The number of rotatable bonds is 6. The molecule has 1 amide bonds. The van der Waals surface area contributed by atoms with E-state index in [4.69, 9.17) is 28.3 Å². The van der Waals surface area contributed by atoms with E-state index in [1.807, 2.05) is 24.4 Å². The summed E-state index contributed by atoms with van der Waals surface area (Å²) >= 11 is 12.5. The number of nitrogens with one attached hydrogen (secondary N) is 1. The van der Waals surface area contributed by atoms with E-state index < -0.39 is 11.9 Å². The van der Waals surface area contributed by atoms with E-state index in [0.29, 0.717) is 10.0 Å². The van der Waals surface area contributed by atoms with Crippen LogP contribution in [0.3, 0.4) is 0 Å². The highest BCUT2D eigenvalue weighted by molar-refractivity contribution is 6.43. The molecule has 0 saturated carbocycles. The summed E-state index contributed by atoms with van der Waals surface area (Å²) < 4.78 is 0. The molecule has 1 saturated heterocycles. The molecule has 29 heavy (non-hydrogen) atoms. The molecule has 1 aliphatic rings. The van der Waals surface area contributed by atoms with E-state index in [9.17, 15) is 9.59 Å². The number of amides is 1. The van der Waals surface area contributed by atoms with Crippen molar-refractivity contribution < 1.29 is 14.7 Å². The van der Waals surface area contributed by atoms with E-state index in [-0.39, 0.29) is 18.4 Å². The Morgan fingerprint density at radius 3 is 2.69 bits per heavy atom. The van der Waals surface area contributed by atoms with Crippen LogP contribution in [-0.4, -0.2) is 41.1 Å². The molecule has 154 valence electrons. The number of carboxylic acids is 1. The van der Waals surface area contributed by atoms with E-state index in [0.717, 1.165) is 42.7 Å². The van der Waals surface area contributed by atoms with Crippen LogP contribution in [0.2, 0.25) is 10.0 Å². The Labute approximate surface area is 179 Å². The van der Waals surface area contributed by atoms with Gasteiger partial charge in [0.05, 0.1) is 28.4 Å². The van der Waals surface area contributed by atoms with Gasteiger partial charge in [-0.2, -0.15) is 0 Å². The van der Waals surface area contributed by atoms with Gasteiger partial charge in [-0.15, -0.1) is 0 Å². The lowest BCUT2D eigenvalue weighted by Gasteiger charge is -2.34. The third-order valence-electron chi connectivity index (χ3n) is 5.12. The minimum Gasteiger partial charge on any atom is -0.481 e. The zero-order chi connectivity index (χ0) is 21.0. The van der Waals surface area contributed by atoms with E-state index in [1.54, 1.807) is 19.2 Å². The summed E-state index contributed by atoms with van der Waals surface area (Å²) in [5.41, 5.74) is 2.72. The second kappa shape index (κ2) is 9.46. The maximum Gasteiger partial charge on any atom is 0.304 e. The summed E-state index contributed by atoms with van der Waals surface area (Å²) in [5.74, 6) is -1.70. The van der Waals surface area contributed by atoms with Gasteiger partial charge in [0.1, 0.15) is 0 Å². The molecular formula is C21H23Cl2N3O3. The molecule has 1 aromatic heterocycles. The molecule has 2 N–H and O–H groups in total. The van der Waals surface area contributed by atoms with E-state index >= 15 is 0 Å². The number of halogens is 2. The van der Waals surface area contributed by atoms with Crippen LogP contribution in [-0.2, 0) is 9.59 Å². The van der Waals surface area contributed by atoms with Gasteiger partial charge in [-0.3, -0.25) is 14.6 Å². The molecule has 1 aromatic carbocycles. The van der Waals surface area contributed by atoms with E-state index in [2.05, 4.69) is 15.2 Å². The summed E-state index contributed by atoms with van der Waals surface area (Å²) in [7, 11) is 0. The third-order valence-corrected chi connectivity index (χ3v) is 5.94. The first-order valence-corrected chi connectivity index (χ1v) is 10.3. The highest BCUT2D eigenvalue weighted by Crippen LogP contribution is 2.34. The van der Waals surface area contributed by atoms with Crippen LogP contribution in [0.5, 0.6) is 0 Å². The summed E-state index contributed by atoms with van der Waals surface area (Å²) in [6.07, 6.45) is 4.99. The summed E-state index contributed by atoms with van der Waals surface area (Å²) in [6, 6.07) is 7.61. The fourth-order valence-corrected chi connectivity index (χ4v) is 3.86. The molecule has 1 atom stereocenters. The first-order chi connectivity index (χ1) is 13.8. The number of hydrogen-bond donors (Lipinski definition) is 2. The average Bonchev–Trinajstić information content (AvgIpc) is 2.70. The van der Waals surface area contributed by atoms with Crippen molar-refractivity contribution in [1.82, 2.24) is 10.3 Å². The minimum atomic E-state index is -0.963. The van der Waals surface area contributed by atoms with Crippen molar-refractivity contribution in [3.05, 3.63) is 46.7 Å². The lowest BCUT2D eigenvalue weighted by molar-refractivity contribution is -0.141. The Bertz CT molecular complexity index is 898. The van der Waals surface area contributed by atoms with Gasteiger partial charge in [0.2, 0.25) is 5.91 Å². The number of carbonyl (C=O) groups excluding carboxylic acids is 1. The monoisotopic (exact) mass is 435 g/mol. The maximum atomic E-state index is 12.1. The molecular weight excluding hydrogens is 413 g/mol. The van der Waals surface area contributed by atoms with Gasteiger partial charge >= 0.3 is 5.97 Å². The quantitative estimate of drug-likeness (QED) is 0.708. The molecule has 0 bridgehead atoms. The average molecular weight is 436 g/mol. The Kier molecular flexibility index (Phi) is 6.98. The lowest BCUT2D eigenvalue weighted by atomic mass is 10.0. The molecule has 3 rings (SSSR count). The Hall–Kier alpha value is -2.31.